The van der Waals surface area contributed by atoms with E-state index in [2.05, 4.69) is 22.4 Å². The van der Waals surface area contributed by atoms with Crippen molar-refractivity contribution < 1.29 is 4.79 Å². The van der Waals surface area contributed by atoms with Crippen LogP contribution in [0.1, 0.15) is 18.4 Å². The number of anilines is 2. The molecule has 1 amide bonds. The predicted molar refractivity (Wildman–Crippen MR) is 124 cm³/mol. The number of carbonyl (C=O) groups is 1. The van der Waals surface area contributed by atoms with Crippen LogP contribution in [-0.4, -0.2) is 42.5 Å². The summed E-state index contributed by atoms with van der Waals surface area (Å²) in [4.78, 5) is 17.7. The highest BCUT2D eigenvalue weighted by Crippen LogP contribution is 2.42. The molecule has 3 aromatic carbocycles. The second-order valence-corrected chi connectivity index (χ2v) is 8.72. The molecule has 1 saturated carbocycles. The van der Waals surface area contributed by atoms with Crippen molar-refractivity contribution in [3.63, 3.8) is 0 Å². The molecule has 0 spiro atoms. The minimum atomic E-state index is -0.533. The van der Waals surface area contributed by atoms with Gasteiger partial charge in [-0.2, -0.15) is 5.26 Å². The van der Waals surface area contributed by atoms with Crippen LogP contribution in [0, 0.1) is 11.3 Å². The summed E-state index contributed by atoms with van der Waals surface area (Å²) in [5.74, 6) is 0.173. The molecule has 2 fully saturated rings. The maximum atomic E-state index is 13.4. The van der Waals surface area contributed by atoms with Crippen LogP contribution in [0.4, 0.5) is 11.4 Å². The van der Waals surface area contributed by atoms with Gasteiger partial charge in [-0.25, -0.2) is 0 Å². The van der Waals surface area contributed by atoms with Gasteiger partial charge in [-0.15, -0.1) is 0 Å². The number of amides is 1. The van der Waals surface area contributed by atoms with Crippen molar-refractivity contribution in [3.05, 3.63) is 71.2 Å². The van der Waals surface area contributed by atoms with Gasteiger partial charge in [0.1, 0.15) is 5.54 Å². The van der Waals surface area contributed by atoms with E-state index < -0.39 is 5.54 Å². The van der Waals surface area contributed by atoms with Crippen LogP contribution >= 0.6 is 11.6 Å². The van der Waals surface area contributed by atoms with E-state index in [4.69, 9.17) is 11.6 Å². The van der Waals surface area contributed by atoms with Gasteiger partial charge in [-0.05, 0) is 43.2 Å². The largest absolute Gasteiger partial charge is 0.371 e. The molecule has 6 heteroatoms. The molecule has 3 aromatic rings. The Bertz CT molecular complexity index is 1190. The average Bonchev–Trinajstić information content (AvgIpc) is 3.59. The Hall–Kier alpha value is -3.23. The van der Waals surface area contributed by atoms with Gasteiger partial charge in [0.2, 0.25) is 5.91 Å². The maximum Gasteiger partial charge on any atom is 0.248 e. The first-order valence-electron chi connectivity index (χ1n) is 10.6. The summed E-state index contributed by atoms with van der Waals surface area (Å²) in [6.45, 7) is 2.98. The summed E-state index contributed by atoms with van der Waals surface area (Å²) in [5.41, 5.74) is 2.13. The van der Waals surface area contributed by atoms with Crippen molar-refractivity contribution in [3.8, 4) is 6.07 Å². The maximum absolute atomic E-state index is 13.4. The first-order chi connectivity index (χ1) is 15.1. The summed E-state index contributed by atoms with van der Waals surface area (Å²) in [5, 5.41) is 15.6. The first kappa shape index (κ1) is 19.7. The Morgan fingerprint density at radius 2 is 1.71 bits per heavy atom. The third-order valence-electron chi connectivity index (χ3n) is 6.32. The Balaban J connectivity index is 1.31. The molecule has 0 aromatic heterocycles. The van der Waals surface area contributed by atoms with E-state index in [1.165, 1.54) is 0 Å². The number of halogens is 1. The number of hydrogen-bond donors (Lipinski definition) is 1. The van der Waals surface area contributed by atoms with E-state index in [9.17, 15) is 10.1 Å². The Kier molecular flexibility index (Phi) is 4.95. The molecule has 1 N–H and O–H groups in total. The number of nitrogens with zero attached hydrogens (tertiary/aromatic N) is 3. The fraction of sp³-hybridized carbons (Fsp3) is 0.280. The van der Waals surface area contributed by atoms with E-state index >= 15 is 0 Å². The van der Waals surface area contributed by atoms with Gasteiger partial charge in [0.05, 0.1) is 11.6 Å². The van der Waals surface area contributed by atoms with Crippen molar-refractivity contribution in [2.24, 2.45) is 0 Å². The predicted octanol–water partition coefficient (Wildman–Crippen LogP) is 4.66. The number of carbonyl (C=O) groups excluding carboxylic acids is 1. The highest BCUT2D eigenvalue weighted by Gasteiger charge is 2.52. The zero-order valence-electron chi connectivity index (χ0n) is 17.1. The van der Waals surface area contributed by atoms with Crippen molar-refractivity contribution >= 4 is 39.7 Å². The lowest BCUT2D eigenvalue weighted by Gasteiger charge is -2.38. The minimum absolute atomic E-state index is 0.173. The van der Waals surface area contributed by atoms with Gasteiger partial charge in [-0.1, -0.05) is 41.9 Å². The molecule has 2 aliphatic rings. The molecule has 5 nitrogen and oxygen atoms in total. The number of fused-ring (bicyclic) bond motifs is 1. The zero-order valence-corrected chi connectivity index (χ0v) is 17.9. The molecular weight excluding hydrogens is 408 g/mol. The van der Waals surface area contributed by atoms with Crippen LogP contribution in [0.5, 0.6) is 0 Å². The summed E-state index contributed by atoms with van der Waals surface area (Å²) in [7, 11) is 0. The van der Waals surface area contributed by atoms with E-state index in [0.29, 0.717) is 18.7 Å². The van der Waals surface area contributed by atoms with E-state index in [1.807, 2.05) is 59.5 Å². The average molecular weight is 431 g/mol. The Labute approximate surface area is 186 Å². The van der Waals surface area contributed by atoms with Crippen molar-refractivity contribution in [2.45, 2.75) is 18.4 Å². The third-order valence-corrected chi connectivity index (χ3v) is 6.55. The van der Waals surface area contributed by atoms with Crippen LogP contribution < -0.4 is 10.2 Å². The topological polar surface area (TPSA) is 59.4 Å². The van der Waals surface area contributed by atoms with Crippen LogP contribution in [0.2, 0.25) is 5.02 Å². The van der Waals surface area contributed by atoms with Crippen molar-refractivity contribution in [2.75, 3.05) is 36.4 Å². The molecule has 0 radical (unpaired) electrons. The number of rotatable bonds is 4. The third kappa shape index (κ3) is 3.68. The molecule has 1 heterocycles. The molecule has 0 unspecified atom stereocenters. The van der Waals surface area contributed by atoms with Gasteiger partial charge >= 0.3 is 0 Å². The number of benzene rings is 3. The molecular formula is C25H23ClN4O. The SMILES string of the molecule is N#Cc1ccc(NC2(C(=O)N3CCN(c4cccc(Cl)c4)CC3)CC2)c2ccccc12. The Morgan fingerprint density at radius 1 is 0.968 bits per heavy atom. The summed E-state index contributed by atoms with van der Waals surface area (Å²) < 4.78 is 0. The summed E-state index contributed by atoms with van der Waals surface area (Å²) in [6, 6.07) is 21.7. The van der Waals surface area contributed by atoms with Crippen molar-refractivity contribution in [1.82, 2.24) is 4.90 Å². The number of hydrogen-bond acceptors (Lipinski definition) is 4. The van der Waals surface area contributed by atoms with Crippen molar-refractivity contribution in [1.29, 1.82) is 5.26 Å². The van der Waals surface area contributed by atoms with Gasteiger partial charge in [0.25, 0.3) is 0 Å². The zero-order chi connectivity index (χ0) is 21.4. The monoisotopic (exact) mass is 430 g/mol. The smallest absolute Gasteiger partial charge is 0.248 e. The van der Waals surface area contributed by atoms with Crippen LogP contribution in [-0.2, 0) is 4.79 Å². The molecule has 1 aliphatic carbocycles. The molecule has 0 bridgehead atoms. The van der Waals surface area contributed by atoms with E-state index in [0.717, 1.165) is 53.1 Å². The second-order valence-electron chi connectivity index (χ2n) is 8.28. The fourth-order valence-electron chi connectivity index (χ4n) is 4.42. The van der Waals surface area contributed by atoms with Gasteiger partial charge in [0, 0.05) is 53.3 Å². The van der Waals surface area contributed by atoms with E-state index in [1.54, 1.807) is 0 Å². The fourth-order valence-corrected chi connectivity index (χ4v) is 4.61. The lowest BCUT2D eigenvalue weighted by Crippen LogP contribution is -2.53. The number of piperazine rings is 1. The standard InChI is InChI=1S/C25H23ClN4O/c26-19-4-3-5-20(16-19)29-12-14-30(15-13-29)24(31)25(10-11-25)28-23-9-8-18(17-27)21-6-1-2-7-22(21)23/h1-9,16,28H,10-15H2. The van der Waals surface area contributed by atoms with Gasteiger partial charge < -0.3 is 15.1 Å². The molecule has 0 atom stereocenters. The lowest BCUT2D eigenvalue weighted by atomic mass is 10.0. The number of nitrogens with one attached hydrogen (secondary N) is 1. The first-order valence-corrected chi connectivity index (χ1v) is 11.0. The van der Waals surface area contributed by atoms with Crippen LogP contribution in [0.25, 0.3) is 10.8 Å². The minimum Gasteiger partial charge on any atom is -0.371 e. The number of nitriles is 1. The molecule has 31 heavy (non-hydrogen) atoms. The molecule has 1 saturated heterocycles. The summed E-state index contributed by atoms with van der Waals surface area (Å²) >= 11 is 6.13. The highest BCUT2D eigenvalue weighted by molar-refractivity contribution is 6.30. The van der Waals surface area contributed by atoms with Gasteiger partial charge in [0.15, 0.2) is 0 Å². The van der Waals surface area contributed by atoms with E-state index in [-0.39, 0.29) is 5.91 Å². The second kappa shape index (κ2) is 7.79. The summed E-state index contributed by atoms with van der Waals surface area (Å²) in [6.07, 6.45) is 1.66. The molecule has 156 valence electrons. The van der Waals surface area contributed by atoms with Crippen LogP contribution in [0.3, 0.4) is 0 Å². The normalized spacial score (nSPS) is 17.3. The lowest BCUT2D eigenvalue weighted by molar-refractivity contribution is -0.133. The molecule has 1 aliphatic heterocycles. The van der Waals surface area contributed by atoms with Crippen LogP contribution in [0.15, 0.2) is 60.7 Å². The molecule has 5 rings (SSSR count). The Morgan fingerprint density at radius 3 is 2.39 bits per heavy atom. The van der Waals surface area contributed by atoms with Gasteiger partial charge in [-0.3, -0.25) is 4.79 Å². The highest BCUT2D eigenvalue weighted by atomic mass is 35.5. The quantitative estimate of drug-likeness (QED) is 0.654.